The van der Waals surface area contributed by atoms with Crippen LogP contribution in [0.1, 0.15) is 32.1 Å². The van der Waals surface area contributed by atoms with Crippen molar-refractivity contribution >= 4 is 10.0 Å². The molecule has 0 unspecified atom stereocenters. The normalized spacial score (nSPS) is 32.3. The predicted octanol–water partition coefficient (Wildman–Crippen LogP) is 0.971. The zero-order valence-corrected chi connectivity index (χ0v) is 13.7. The van der Waals surface area contributed by atoms with Gasteiger partial charge >= 0.3 is 6.01 Å². The molecule has 4 rings (SSSR count). The fourth-order valence-electron chi connectivity index (χ4n) is 3.51. The van der Waals surface area contributed by atoms with E-state index in [0.717, 1.165) is 25.7 Å². The van der Waals surface area contributed by atoms with E-state index in [9.17, 15) is 8.42 Å². The smallest absolute Gasteiger partial charge is 0.316 e. The van der Waals surface area contributed by atoms with Gasteiger partial charge in [0.2, 0.25) is 10.0 Å². The molecule has 7 nitrogen and oxygen atoms in total. The monoisotopic (exact) mass is 339 g/mol. The van der Waals surface area contributed by atoms with Crippen molar-refractivity contribution in [2.75, 3.05) is 19.7 Å². The van der Waals surface area contributed by atoms with Crippen LogP contribution >= 0.6 is 0 Å². The van der Waals surface area contributed by atoms with Crippen LogP contribution in [0.4, 0.5) is 0 Å². The van der Waals surface area contributed by atoms with E-state index in [0.29, 0.717) is 32.1 Å². The molecule has 8 heteroatoms. The third-order valence-corrected chi connectivity index (χ3v) is 7.14. The molecule has 1 aromatic heterocycles. The molecule has 0 radical (unpaired) electrons. The Labute approximate surface area is 136 Å². The van der Waals surface area contributed by atoms with Crippen molar-refractivity contribution in [2.24, 2.45) is 0 Å². The number of ether oxygens (including phenoxy) is 2. The van der Waals surface area contributed by atoms with Gasteiger partial charge in [-0.3, -0.25) is 0 Å². The van der Waals surface area contributed by atoms with Crippen LogP contribution < -0.4 is 4.74 Å². The van der Waals surface area contributed by atoms with Gasteiger partial charge in [-0.15, -0.1) is 0 Å². The van der Waals surface area contributed by atoms with Crippen molar-refractivity contribution < 1.29 is 17.9 Å². The third kappa shape index (κ3) is 3.07. The fraction of sp³-hybridized carbons (Fsp3) is 0.733. The van der Waals surface area contributed by atoms with Crippen molar-refractivity contribution in [3.05, 3.63) is 18.5 Å². The quantitative estimate of drug-likeness (QED) is 0.813. The van der Waals surface area contributed by atoms with E-state index in [1.165, 1.54) is 0 Å². The Hall–Kier alpha value is -1.25. The summed E-state index contributed by atoms with van der Waals surface area (Å²) in [6.07, 6.45) is 7.13. The molecule has 126 valence electrons. The third-order valence-electron chi connectivity index (χ3n) is 4.80. The average molecular weight is 339 g/mol. The topological polar surface area (TPSA) is 81.6 Å². The van der Waals surface area contributed by atoms with Gasteiger partial charge in [-0.25, -0.2) is 18.4 Å². The van der Waals surface area contributed by atoms with Crippen LogP contribution in [0.2, 0.25) is 0 Å². The summed E-state index contributed by atoms with van der Waals surface area (Å²) in [7, 11) is -3.14. The lowest BCUT2D eigenvalue weighted by atomic mass is 9.90. The van der Waals surface area contributed by atoms with Crippen LogP contribution in [0.15, 0.2) is 18.5 Å². The van der Waals surface area contributed by atoms with Gasteiger partial charge in [0.05, 0.1) is 17.5 Å². The number of nitrogens with zero attached hydrogens (tertiary/aromatic N) is 3. The molecular weight excluding hydrogens is 318 g/mol. The summed E-state index contributed by atoms with van der Waals surface area (Å²) in [5, 5.41) is -0.163. The molecule has 3 heterocycles. The van der Waals surface area contributed by atoms with E-state index in [-0.39, 0.29) is 11.4 Å². The van der Waals surface area contributed by atoms with Gasteiger partial charge < -0.3 is 9.47 Å². The Morgan fingerprint density at radius 2 is 2.09 bits per heavy atom. The molecule has 3 aliphatic rings. The van der Waals surface area contributed by atoms with E-state index >= 15 is 0 Å². The SMILES string of the molecule is O=S(=O)(C1CC1)N1CCC[C@@]2(C[C@@H](Oc3ncccn3)CO2)C1. The van der Waals surface area contributed by atoms with E-state index in [2.05, 4.69) is 9.97 Å². The number of rotatable bonds is 4. The highest BCUT2D eigenvalue weighted by molar-refractivity contribution is 7.90. The second kappa shape index (κ2) is 5.68. The second-order valence-corrected chi connectivity index (χ2v) is 8.86. The highest BCUT2D eigenvalue weighted by Crippen LogP contribution is 2.39. The molecule has 3 fully saturated rings. The molecule has 1 saturated carbocycles. The van der Waals surface area contributed by atoms with Crippen LogP contribution in [-0.2, 0) is 14.8 Å². The van der Waals surface area contributed by atoms with E-state index in [1.807, 2.05) is 0 Å². The highest BCUT2D eigenvalue weighted by Gasteiger charge is 2.49. The van der Waals surface area contributed by atoms with Gasteiger partial charge in [-0.1, -0.05) is 0 Å². The van der Waals surface area contributed by atoms with Gasteiger partial charge in [0.1, 0.15) is 6.10 Å². The average Bonchev–Trinajstić information content (AvgIpc) is 3.34. The predicted molar refractivity (Wildman–Crippen MR) is 82.5 cm³/mol. The van der Waals surface area contributed by atoms with Crippen molar-refractivity contribution in [2.45, 2.75) is 49.1 Å². The number of hydrogen-bond donors (Lipinski definition) is 0. The summed E-state index contributed by atoms with van der Waals surface area (Å²) in [6.45, 7) is 1.51. The molecule has 2 saturated heterocycles. The molecule has 0 N–H and O–H groups in total. The lowest BCUT2D eigenvalue weighted by Crippen LogP contribution is -2.51. The van der Waals surface area contributed by atoms with Crippen molar-refractivity contribution in [3.63, 3.8) is 0 Å². The van der Waals surface area contributed by atoms with Gasteiger partial charge in [0, 0.05) is 31.9 Å². The van der Waals surface area contributed by atoms with Crippen LogP contribution in [0.3, 0.4) is 0 Å². The molecule has 23 heavy (non-hydrogen) atoms. The Kier molecular flexibility index (Phi) is 3.78. The lowest BCUT2D eigenvalue weighted by Gasteiger charge is -2.38. The van der Waals surface area contributed by atoms with Crippen LogP contribution in [0.25, 0.3) is 0 Å². The maximum atomic E-state index is 12.5. The second-order valence-electron chi connectivity index (χ2n) is 6.65. The number of hydrogen-bond acceptors (Lipinski definition) is 6. The van der Waals surface area contributed by atoms with E-state index < -0.39 is 15.6 Å². The minimum absolute atomic E-state index is 0.124. The van der Waals surface area contributed by atoms with E-state index in [1.54, 1.807) is 22.8 Å². The fourth-order valence-corrected chi connectivity index (χ4v) is 5.46. The van der Waals surface area contributed by atoms with Gasteiger partial charge in [0.25, 0.3) is 0 Å². The minimum Gasteiger partial charge on any atom is -0.458 e. The van der Waals surface area contributed by atoms with Crippen LogP contribution in [0.5, 0.6) is 6.01 Å². The Morgan fingerprint density at radius 1 is 1.30 bits per heavy atom. The molecule has 1 aromatic rings. The van der Waals surface area contributed by atoms with Crippen molar-refractivity contribution in [1.29, 1.82) is 0 Å². The molecule has 0 aromatic carbocycles. The number of aromatic nitrogens is 2. The first-order chi connectivity index (χ1) is 11.1. The van der Waals surface area contributed by atoms with Crippen molar-refractivity contribution in [3.8, 4) is 6.01 Å². The van der Waals surface area contributed by atoms with Gasteiger partial charge in [-0.2, -0.15) is 4.31 Å². The minimum atomic E-state index is -3.14. The molecule has 0 bridgehead atoms. The zero-order valence-electron chi connectivity index (χ0n) is 12.9. The van der Waals surface area contributed by atoms with Crippen LogP contribution in [-0.4, -0.2) is 59.3 Å². The lowest BCUT2D eigenvalue weighted by molar-refractivity contribution is -0.0339. The van der Waals surface area contributed by atoms with Crippen LogP contribution in [0, 0.1) is 0 Å². The summed E-state index contributed by atoms with van der Waals surface area (Å²) < 4.78 is 38.4. The molecular formula is C15H21N3O4S. The first kappa shape index (κ1) is 15.3. The molecule has 0 amide bonds. The summed E-state index contributed by atoms with van der Waals surface area (Å²) in [4.78, 5) is 8.13. The highest BCUT2D eigenvalue weighted by atomic mass is 32.2. The van der Waals surface area contributed by atoms with Crippen molar-refractivity contribution in [1.82, 2.24) is 14.3 Å². The first-order valence-electron chi connectivity index (χ1n) is 8.14. The van der Waals surface area contributed by atoms with E-state index in [4.69, 9.17) is 9.47 Å². The Morgan fingerprint density at radius 3 is 2.83 bits per heavy atom. The summed E-state index contributed by atoms with van der Waals surface area (Å²) in [5.74, 6) is 0. The first-order valence-corrected chi connectivity index (χ1v) is 9.64. The maximum Gasteiger partial charge on any atom is 0.316 e. The standard InChI is InChI=1S/C15H21N3O4S/c19-23(20,13-3-4-13)18-8-1-5-15(11-18)9-12(10-21-15)22-14-16-6-2-7-17-14/h2,6-7,12-13H,1,3-5,8-11H2/t12-,15-/m1/s1. The van der Waals surface area contributed by atoms with Gasteiger partial charge in [-0.05, 0) is 31.7 Å². The number of sulfonamides is 1. The molecule has 1 aliphatic carbocycles. The molecule has 1 spiro atoms. The molecule has 2 atom stereocenters. The zero-order chi connectivity index (χ0) is 15.9. The largest absolute Gasteiger partial charge is 0.458 e. The summed E-state index contributed by atoms with van der Waals surface area (Å²) >= 11 is 0. The maximum absolute atomic E-state index is 12.5. The Balaban J connectivity index is 1.43. The summed E-state index contributed by atoms with van der Waals surface area (Å²) in [5.41, 5.74) is -0.417. The molecule has 2 aliphatic heterocycles. The number of piperidine rings is 1. The summed E-state index contributed by atoms with van der Waals surface area (Å²) in [6, 6.07) is 2.08. The van der Waals surface area contributed by atoms with Gasteiger partial charge in [0.15, 0.2) is 0 Å². The Bertz CT molecular complexity index is 665.